The summed E-state index contributed by atoms with van der Waals surface area (Å²) in [6, 6.07) is 8.68. The topological polar surface area (TPSA) is 134 Å². The number of aromatic amines is 1. The van der Waals surface area contributed by atoms with Crippen LogP contribution in [0.15, 0.2) is 42.9 Å². The van der Waals surface area contributed by atoms with Crippen LogP contribution >= 0.6 is 0 Å². The number of ketones is 1. The second-order valence-electron chi connectivity index (χ2n) is 10.8. The van der Waals surface area contributed by atoms with Crippen LogP contribution in [0.1, 0.15) is 79.8 Å². The van der Waals surface area contributed by atoms with Gasteiger partial charge in [-0.05, 0) is 62.6 Å². The number of hydrogen-bond donors (Lipinski definition) is 2. The number of H-pyrrole nitrogens is 1. The molecular formula is C30H32F2N8O2. The number of carbonyl (C=O) groups excluding carboxylic acids is 1. The monoisotopic (exact) mass is 574 g/mol. The standard InChI is InChI=1S/C30H32F2N8O2/c1-18(21-5-7-27(34-15-21)40-17-23(31)16-35-40)4-6-25(41)30(42-3)10-8-20(9-11-30)28-22(14-33)13-24(32)29(37-28)36-26-12-19(2)38-39-26/h5,7,12-13,15-18,20H,4,6,8-11H2,1-3H3,(H2,36,37,38,39)/t18-,20-,30+/m1/s1. The minimum atomic E-state index is -0.914. The van der Waals surface area contributed by atoms with Crippen molar-refractivity contribution in [2.45, 2.75) is 69.8 Å². The van der Waals surface area contributed by atoms with Gasteiger partial charge >= 0.3 is 0 Å². The zero-order chi connectivity index (χ0) is 29.9. The van der Waals surface area contributed by atoms with E-state index in [0.29, 0.717) is 55.9 Å². The quantitative estimate of drug-likeness (QED) is 0.243. The Balaban J connectivity index is 1.22. The number of aromatic nitrogens is 6. The summed E-state index contributed by atoms with van der Waals surface area (Å²) >= 11 is 0. The van der Waals surface area contributed by atoms with E-state index in [1.807, 2.05) is 19.9 Å². The minimum Gasteiger partial charge on any atom is -0.370 e. The highest BCUT2D eigenvalue weighted by molar-refractivity contribution is 5.87. The molecule has 0 aliphatic heterocycles. The summed E-state index contributed by atoms with van der Waals surface area (Å²) in [5.41, 5.74) is 1.56. The Morgan fingerprint density at radius 3 is 2.67 bits per heavy atom. The zero-order valence-corrected chi connectivity index (χ0v) is 23.7. The molecule has 1 aliphatic carbocycles. The summed E-state index contributed by atoms with van der Waals surface area (Å²) in [4.78, 5) is 22.3. The first-order chi connectivity index (χ1) is 20.2. The molecule has 4 heterocycles. The SMILES string of the molecule is CO[C@]1(C(=O)CC[C@@H](C)c2ccc(-n3cc(F)cn3)nc2)CC[C@H](c2nc(Nc3cc(C)[nH]n3)c(F)cc2C#N)CC1. The van der Waals surface area contributed by atoms with Gasteiger partial charge in [-0.2, -0.15) is 15.5 Å². The van der Waals surface area contributed by atoms with Gasteiger partial charge in [0.1, 0.15) is 11.7 Å². The molecule has 0 bridgehead atoms. The fraction of sp³-hybridized carbons (Fsp3) is 0.400. The minimum absolute atomic E-state index is 0.00320. The predicted molar refractivity (Wildman–Crippen MR) is 150 cm³/mol. The number of nitrogens with zero attached hydrogens (tertiary/aromatic N) is 6. The van der Waals surface area contributed by atoms with Gasteiger partial charge in [0.25, 0.3) is 0 Å². The summed E-state index contributed by atoms with van der Waals surface area (Å²) in [6.07, 6.45) is 7.15. The highest BCUT2D eigenvalue weighted by Crippen LogP contribution is 2.42. The first kappa shape index (κ1) is 29.0. The smallest absolute Gasteiger partial charge is 0.168 e. The molecule has 1 fully saturated rings. The first-order valence-electron chi connectivity index (χ1n) is 13.9. The Morgan fingerprint density at radius 1 is 1.29 bits per heavy atom. The average Bonchev–Trinajstić information content (AvgIpc) is 3.64. The Hall–Kier alpha value is -4.50. The molecule has 0 amide bonds. The number of ether oxygens (including phenoxy) is 1. The second-order valence-corrected chi connectivity index (χ2v) is 10.8. The molecule has 0 spiro atoms. The number of hydrogen-bond acceptors (Lipinski definition) is 8. The molecule has 0 radical (unpaired) electrons. The molecule has 4 aromatic heterocycles. The van der Waals surface area contributed by atoms with Crippen LogP contribution in [0.5, 0.6) is 0 Å². The van der Waals surface area contributed by atoms with E-state index in [2.05, 4.69) is 36.7 Å². The van der Waals surface area contributed by atoms with E-state index in [1.165, 1.54) is 16.9 Å². The van der Waals surface area contributed by atoms with Crippen LogP contribution in [-0.2, 0) is 9.53 Å². The maximum absolute atomic E-state index is 14.7. The third-order valence-corrected chi connectivity index (χ3v) is 8.09. The maximum atomic E-state index is 14.7. The number of nitriles is 1. The van der Waals surface area contributed by atoms with Crippen molar-refractivity contribution in [3.8, 4) is 11.9 Å². The van der Waals surface area contributed by atoms with Gasteiger partial charge in [-0.1, -0.05) is 13.0 Å². The molecule has 0 saturated heterocycles. The normalized spacial score (nSPS) is 19.3. The lowest BCUT2D eigenvalue weighted by atomic mass is 9.73. The zero-order valence-electron chi connectivity index (χ0n) is 23.7. The van der Waals surface area contributed by atoms with Gasteiger partial charge in [0.15, 0.2) is 34.9 Å². The molecule has 1 atom stereocenters. The molecule has 4 aromatic rings. The third-order valence-electron chi connectivity index (χ3n) is 8.09. The second kappa shape index (κ2) is 12.2. The molecule has 0 unspecified atom stereocenters. The molecule has 10 nitrogen and oxygen atoms in total. The number of methoxy groups -OCH3 is 1. The van der Waals surface area contributed by atoms with Crippen LogP contribution in [0.3, 0.4) is 0 Å². The summed E-state index contributed by atoms with van der Waals surface area (Å²) in [7, 11) is 1.56. The molecule has 2 N–H and O–H groups in total. The Labute approximate surface area is 242 Å². The van der Waals surface area contributed by atoms with E-state index < -0.39 is 17.2 Å². The number of anilines is 2. The largest absolute Gasteiger partial charge is 0.370 e. The van der Waals surface area contributed by atoms with Crippen LogP contribution < -0.4 is 5.32 Å². The molecule has 0 aromatic carbocycles. The van der Waals surface area contributed by atoms with Crippen LogP contribution in [0.25, 0.3) is 5.82 Å². The Kier molecular flexibility index (Phi) is 8.40. The number of carbonyl (C=O) groups is 1. The molecular weight excluding hydrogens is 542 g/mol. The third kappa shape index (κ3) is 6.06. The summed E-state index contributed by atoms with van der Waals surface area (Å²) in [6.45, 7) is 3.87. The lowest BCUT2D eigenvalue weighted by Crippen LogP contribution is -2.44. The molecule has 12 heteroatoms. The molecule has 5 rings (SSSR count). The van der Waals surface area contributed by atoms with Crippen LogP contribution in [0.4, 0.5) is 20.4 Å². The summed E-state index contributed by atoms with van der Waals surface area (Å²) < 4.78 is 35.2. The van der Waals surface area contributed by atoms with Gasteiger partial charge in [-0.15, -0.1) is 0 Å². The van der Waals surface area contributed by atoms with Gasteiger partial charge in [-0.25, -0.2) is 23.4 Å². The number of halogens is 2. The number of pyridine rings is 2. The van der Waals surface area contributed by atoms with E-state index >= 15 is 0 Å². The first-order valence-corrected chi connectivity index (χ1v) is 13.9. The van der Waals surface area contributed by atoms with Crippen LogP contribution in [0, 0.1) is 29.9 Å². The lowest BCUT2D eigenvalue weighted by molar-refractivity contribution is -0.145. The van der Waals surface area contributed by atoms with E-state index in [-0.39, 0.29) is 29.0 Å². The predicted octanol–water partition coefficient (Wildman–Crippen LogP) is 5.78. The fourth-order valence-electron chi connectivity index (χ4n) is 5.54. The van der Waals surface area contributed by atoms with E-state index in [1.54, 1.807) is 25.4 Å². The summed E-state index contributed by atoms with van der Waals surface area (Å²) in [5.74, 6) is -0.144. The van der Waals surface area contributed by atoms with Gasteiger partial charge in [0.2, 0.25) is 0 Å². The van der Waals surface area contributed by atoms with Crippen LogP contribution in [0.2, 0.25) is 0 Å². The fourth-order valence-corrected chi connectivity index (χ4v) is 5.54. The van der Waals surface area contributed by atoms with Gasteiger partial charge in [-0.3, -0.25) is 9.89 Å². The molecule has 1 aliphatic rings. The van der Waals surface area contributed by atoms with Crippen molar-refractivity contribution in [3.05, 3.63) is 77.0 Å². The van der Waals surface area contributed by atoms with E-state index in [0.717, 1.165) is 17.5 Å². The Bertz CT molecular complexity index is 1600. The van der Waals surface area contributed by atoms with Gasteiger partial charge < -0.3 is 10.1 Å². The number of rotatable bonds is 10. The van der Waals surface area contributed by atoms with E-state index in [9.17, 15) is 18.8 Å². The highest BCUT2D eigenvalue weighted by Gasteiger charge is 2.42. The van der Waals surface area contributed by atoms with E-state index in [4.69, 9.17) is 4.74 Å². The summed E-state index contributed by atoms with van der Waals surface area (Å²) in [5, 5.41) is 23.4. The maximum Gasteiger partial charge on any atom is 0.168 e. The average molecular weight is 575 g/mol. The molecule has 218 valence electrons. The lowest BCUT2D eigenvalue weighted by Gasteiger charge is -2.38. The van der Waals surface area contributed by atoms with Crippen molar-refractivity contribution >= 4 is 17.4 Å². The van der Waals surface area contributed by atoms with Gasteiger partial charge in [0, 0.05) is 37.4 Å². The van der Waals surface area contributed by atoms with Crippen molar-refractivity contribution < 1.29 is 18.3 Å². The number of Topliss-reactive ketones (excluding diaryl/α,β-unsaturated/α-hetero) is 1. The highest BCUT2D eigenvalue weighted by atomic mass is 19.1. The number of aryl methyl sites for hydroxylation is 1. The van der Waals surface area contributed by atoms with Crippen molar-refractivity contribution in [2.75, 3.05) is 12.4 Å². The van der Waals surface area contributed by atoms with Crippen LogP contribution in [-0.4, -0.2) is 48.4 Å². The molecule has 42 heavy (non-hydrogen) atoms. The molecule has 1 saturated carbocycles. The Morgan fingerprint density at radius 2 is 2.07 bits per heavy atom. The van der Waals surface area contributed by atoms with Crippen molar-refractivity contribution in [1.82, 2.24) is 29.9 Å². The number of nitrogens with one attached hydrogen (secondary N) is 2. The van der Waals surface area contributed by atoms with Crippen molar-refractivity contribution in [3.63, 3.8) is 0 Å². The van der Waals surface area contributed by atoms with Gasteiger partial charge in [0.05, 0.1) is 23.7 Å². The van der Waals surface area contributed by atoms with Crippen molar-refractivity contribution in [1.29, 1.82) is 5.26 Å². The van der Waals surface area contributed by atoms with Crippen molar-refractivity contribution in [2.24, 2.45) is 0 Å².